The lowest BCUT2D eigenvalue weighted by molar-refractivity contribution is -0.428. The second-order valence-corrected chi connectivity index (χ2v) is 4.06. The van der Waals surface area contributed by atoms with E-state index in [-0.39, 0.29) is 0 Å². The van der Waals surface area contributed by atoms with Crippen molar-refractivity contribution >= 4 is 5.97 Å². The molecular weight excluding hydrogens is 227 g/mol. The second kappa shape index (κ2) is 5.01. The number of carbonyl (C=O) groups excluding carboxylic acids is 1. The van der Waals surface area contributed by atoms with Gasteiger partial charge in [-0.2, -0.15) is 13.2 Å². The average Bonchev–Trinajstić information content (AvgIpc) is 2.40. The van der Waals surface area contributed by atoms with Crippen LogP contribution in [0.4, 0.5) is 13.2 Å². The molecule has 0 amide bonds. The molecule has 0 spiro atoms. The third kappa shape index (κ3) is 3.64. The zero-order valence-electron chi connectivity index (χ0n) is 8.63. The van der Waals surface area contributed by atoms with Gasteiger partial charge in [-0.1, -0.05) is 0 Å². The van der Waals surface area contributed by atoms with Crippen molar-refractivity contribution in [2.75, 3.05) is 6.61 Å². The van der Waals surface area contributed by atoms with Gasteiger partial charge < -0.3 is 20.4 Å². The van der Waals surface area contributed by atoms with Gasteiger partial charge in [0.05, 0.1) is 12.1 Å². The molecule has 0 aromatic carbocycles. The minimum Gasteiger partial charge on any atom is -0.542 e. The Balaban J connectivity index is 0.000000168. The summed E-state index contributed by atoms with van der Waals surface area (Å²) in [6.45, 7) is 0.987. The number of hydrogen-bond donors (Lipinski definition) is 1. The molecule has 16 heavy (non-hydrogen) atoms. The summed E-state index contributed by atoms with van der Waals surface area (Å²) >= 11 is 0. The van der Waals surface area contributed by atoms with Gasteiger partial charge in [0.1, 0.15) is 5.97 Å². The number of quaternary nitrogens is 1. The van der Waals surface area contributed by atoms with E-state index in [0.717, 1.165) is 12.5 Å². The minimum atomic E-state index is -5.19. The number of halogens is 3. The molecule has 2 bridgehead atoms. The van der Waals surface area contributed by atoms with E-state index < -0.39 is 12.1 Å². The van der Waals surface area contributed by atoms with Crippen LogP contribution in [0.3, 0.4) is 0 Å². The molecule has 4 nitrogen and oxygen atoms in total. The van der Waals surface area contributed by atoms with E-state index in [1.54, 1.807) is 0 Å². The highest BCUT2D eigenvalue weighted by Gasteiger charge is 2.37. The van der Waals surface area contributed by atoms with Crippen molar-refractivity contribution in [1.82, 2.24) is 0 Å². The Morgan fingerprint density at radius 1 is 1.38 bits per heavy atom. The second-order valence-electron chi connectivity index (χ2n) is 4.06. The van der Waals surface area contributed by atoms with Crippen LogP contribution in [-0.2, 0) is 9.53 Å². The SMILES string of the molecule is O=C([O-])C(F)(F)F.[NH3+]C1CC2CC1CCO2. The van der Waals surface area contributed by atoms with Crippen LogP contribution in [0, 0.1) is 5.92 Å². The maximum atomic E-state index is 10.5. The molecule has 94 valence electrons. The first-order chi connectivity index (χ1) is 7.30. The van der Waals surface area contributed by atoms with E-state index in [2.05, 4.69) is 5.73 Å². The molecule has 0 radical (unpaired) electrons. The van der Waals surface area contributed by atoms with Crippen molar-refractivity contribution in [3.05, 3.63) is 0 Å². The van der Waals surface area contributed by atoms with Crippen LogP contribution < -0.4 is 10.8 Å². The highest BCUT2D eigenvalue weighted by atomic mass is 19.4. The first kappa shape index (κ1) is 13.2. The quantitative estimate of drug-likeness (QED) is 0.596. The maximum absolute atomic E-state index is 10.5. The highest BCUT2D eigenvalue weighted by molar-refractivity contribution is 5.70. The number of rotatable bonds is 0. The van der Waals surface area contributed by atoms with Crippen LogP contribution in [0.15, 0.2) is 0 Å². The van der Waals surface area contributed by atoms with Crippen molar-refractivity contribution in [2.24, 2.45) is 5.92 Å². The van der Waals surface area contributed by atoms with Crippen molar-refractivity contribution in [2.45, 2.75) is 37.6 Å². The van der Waals surface area contributed by atoms with Crippen LogP contribution in [0.25, 0.3) is 0 Å². The number of alkyl halides is 3. The summed E-state index contributed by atoms with van der Waals surface area (Å²) in [5.41, 5.74) is 4.10. The van der Waals surface area contributed by atoms with Crippen LogP contribution in [0.5, 0.6) is 0 Å². The average molecular weight is 241 g/mol. The van der Waals surface area contributed by atoms with Crippen LogP contribution in [0.2, 0.25) is 0 Å². The number of carboxylic acid groups (broad SMARTS) is 1. The summed E-state index contributed by atoms with van der Waals surface area (Å²) in [5.74, 6) is -2.11. The zero-order valence-corrected chi connectivity index (χ0v) is 8.63. The molecule has 3 atom stereocenters. The molecule has 3 N–H and O–H groups in total. The Kier molecular flexibility index (Phi) is 4.15. The Morgan fingerprint density at radius 2 is 1.94 bits per heavy atom. The fourth-order valence-electron chi connectivity index (χ4n) is 2.03. The smallest absolute Gasteiger partial charge is 0.430 e. The lowest BCUT2D eigenvalue weighted by Crippen LogP contribution is -2.62. The summed E-state index contributed by atoms with van der Waals surface area (Å²) in [4.78, 5) is 8.78. The predicted octanol–water partition coefficient (Wildman–Crippen LogP) is -0.906. The summed E-state index contributed by atoms with van der Waals surface area (Å²) in [6, 6.07) is 0.692. The lowest BCUT2D eigenvalue weighted by atomic mass is 10.0. The molecular formula is C9H14F3NO3. The molecule has 1 aliphatic heterocycles. The van der Waals surface area contributed by atoms with Gasteiger partial charge in [-0.25, -0.2) is 0 Å². The van der Waals surface area contributed by atoms with E-state index in [9.17, 15) is 13.2 Å². The monoisotopic (exact) mass is 241 g/mol. The van der Waals surface area contributed by atoms with Gasteiger partial charge in [-0.05, 0) is 12.8 Å². The van der Waals surface area contributed by atoms with Crippen LogP contribution >= 0.6 is 0 Å². The van der Waals surface area contributed by atoms with E-state index in [4.69, 9.17) is 14.6 Å². The largest absolute Gasteiger partial charge is 0.542 e. The van der Waals surface area contributed by atoms with Crippen LogP contribution in [-0.4, -0.2) is 30.9 Å². The Morgan fingerprint density at radius 3 is 2.31 bits per heavy atom. The van der Waals surface area contributed by atoms with Crippen molar-refractivity contribution in [3.8, 4) is 0 Å². The topological polar surface area (TPSA) is 77.0 Å². The zero-order chi connectivity index (χ0) is 12.3. The molecule has 7 heteroatoms. The lowest BCUT2D eigenvalue weighted by Gasteiger charge is -2.17. The first-order valence-corrected chi connectivity index (χ1v) is 5.03. The fraction of sp³-hybridized carbons (Fsp3) is 0.889. The molecule has 3 unspecified atom stereocenters. The molecule has 1 saturated carbocycles. The Labute approximate surface area is 90.6 Å². The van der Waals surface area contributed by atoms with Gasteiger partial charge in [0.15, 0.2) is 0 Å². The summed E-state index contributed by atoms with van der Waals surface area (Å²) in [5, 5.41) is 8.78. The normalized spacial score (nSPS) is 32.9. The Bertz CT molecular complexity index is 255. The van der Waals surface area contributed by atoms with Crippen molar-refractivity contribution in [1.29, 1.82) is 0 Å². The highest BCUT2D eigenvalue weighted by Crippen LogP contribution is 2.32. The van der Waals surface area contributed by atoms with Gasteiger partial charge >= 0.3 is 6.18 Å². The number of fused-ring (bicyclic) bond motifs is 2. The van der Waals surface area contributed by atoms with Crippen molar-refractivity contribution < 1.29 is 33.5 Å². The maximum Gasteiger partial charge on any atom is 0.430 e. The Hall–Kier alpha value is -0.820. The van der Waals surface area contributed by atoms with E-state index in [0.29, 0.717) is 12.1 Å². The van der Waals surface area contributed by atoms with Gasteiger partial charge in [-0.15, -0.1) is 0 Å². The van der Waals surface area contributed by atoms with Gasteiger partial charge in [0, 0.05) is 18.9 Å². The summed E-state index contributed by atoms with van der Waals surface area (Å²) in [7, 11) is 0. The van der Waals surface area contributed by atoms with Crippen molar-refractivity contribution in [3.63, 3.8) is 0 Å². The third-order valence-corrected chi connectivity index (χ3v) is 2.87. The molecule has 0 aromatic heterocycles. The molecule has 2 aliphatic rings. The number of ether oxygens (including phenoxy) is 1. The molecule has 1 saturated heterocycles. The molecule has 1 heterocycles. The molecule has 2 rings (SSSR count). The first-order valence-electron chi connectivity index (χ1n) is 5.03. The fourth-order valence-corrected chi connectivity index (χ4v) is 2.03. The molecule has 0 aromatic rings. The summed E-state index contributed by atoms with van der Waals surface area (Å²) in [6.07, 6.45) is -0.866. The van der Waals surface area contributed by atoms with E-state index in [1.807, 2.05) is 0 Å². The standard InChI is InChI=1S/C7H13NO.C2HF3O2/c8-7-4-6-3-5(7)1-2-9-6;3-2(4,5)1(6)7/h5-7H,1-4,8H2;(H,6,7). The predicted molar refractivity (Wildman–Crippen MR) is 44.8 cm³/mol. The molecule has 2 fully saturated rings. The molecule has 1 aliphatic carbocycles. The number of aliphatic carboxylic acids is 1. The number of hydrogen-bond acceptors (Lipinski definition) is 3. The minimum absolute atomic E-state index is 0.575. The van der Waals surface area contributed by atoms with Crippen LogP contribution in [0.1, 0.15) is 19.3 Å². The third-order valence-electron chi connectivity index (χ3n) is 2.87. The van der Waals surface area contributed by atoms with Gasteiger partial charge in [-0.3, -0.25) is 0 Å². The number of carboxylic acids is 1. The van der Waals surface area contributed by atoms with E-state index in [1.165, 1.54) is 19.3 Å². The summed E-state index contributed by atoms with van der Waals surface area (Å²) < 4.78 is 37.0. The number of carbonyl (C=O) groups is 1. The van der Waals surface area contributed by atoms with Gasteiger partial charge in [0.2, 0.25) is 0 Å². The van der Waals surface area contributed by atoms with E-state index >= 15 is 0 Å². The van der Waals surface area contributed by atoms with Gasteiger partial charge in [0.25, 0.3) is 0 Å².